The minimum Gasteiger partial charge on any atom is -0.370 e. The minimum atomic E-state index is -0.481. The van der Waals surface area contributed by atoms with E-state index in [1.54, 1.807) is 0 Å². The van der Waals surface area contributed by atoms with Crippen LogP contribution in [0.15, 0.2) is 4.52 Å². The molecule has 5 heteroatoms. The number of hydrogen-bond donors (Lipinski definition) is 1. The van der Waals surface area contributed by atoms with E-state index in [1.165, 1.54) is 12.8 Å². The fourth-order valence-corrected chi connectivity index (χ4v) is 2.43. The minimum absolute atomic E-state index is 0.0116. The van der Waals surface area contributed by atoms with Gasteiger partial charge in [-0.3, -0.25) is 0 Å². The number of ether oxygens (including phenoxy) is 1. The van der Waals surface area contributed by atoms with Crippen LogP contribution in [-0.2, 0) is 10.3 Å². The third kappa shape index (κ3) is 2.17. The van der Waals surface area contributed by atoms with Crippen molar-refractivity contribution in [2.24, 2.45) is 17.6 Å². The average Bonchev–Trinajstić information content (AvgIpc) is 3.22. The van der Waals surface area contributed by atoms with Crippen molar-refractivity contribution in [3.05, 3.63) is 11.7 Å². The van der Waals surface area contributed by atoms with Crippen molar-refractivity contribution in [1.29, 1.82) is 0 Å². The van der Waals surface area contributed by atoms with Crippen molar-refractivity contribution < 1.29 is 9.26 Å². The van der Waals surface area contributed by atoms with Gasteiger partial charge in [-0.25, -0.2) is 0 Å². The summed E-state index contributed by atoms with van der Waals surface area (Å²) in [4.78, 5) is 4.50. The summed E-state index contributed by atoms with van der Waals surface area (Å²) in [6.07, 6.45) is 4.68. The van der Waals surface area contributed by atoms with Gasteiger partial charge < -0.3 is 15.0 Å². The van der Waals surface area contributed by atoms with E-state index in [9.17, 15) is 0 Å². The van der Waals surface area contributed by atoms with Gasteiger partial charge in [0.25, 0.3) is 0 Å². The lowest BCUT2D eigenvalue weighted by Gasteiger charge is -2.18. The Hall–Kier alpha value is -0.940. The largest absolute Gasteiger partial charge is 0.370 e. The van der Waals surface area contributed by atoms with Gasteiger partial charge in [0.2, 0.25) is 11.7 Å². The van der Waals surface area contributed by atoms with E-state index in [2.05, 4.69) is 10.1 Å². The van der Waals surface area contributed by atoms with Gasteiger partial charge in [-0.05, 0) is 51.4 Å². The molecule has 0 aromatic carbocycles. The van der Waals surface area contributed by atoms with Crippen LogP contribution in [0.5, 0.6) is 0 Å². The molecule has 0 saturated heterocycles. The Morgan fingerprint density at radius 2 is 2.17 bits per heavy atom. The van der Waals surface area contributed by atoms with Crippen LogP contribution in [0.2, 0.25) is 0 Å². The molecule has 1 aromatic rings. The average molecular weight is 251 g/mol. The first-order valence-electron chi connectivity index (χ1n) is 6.87. The van der Waals surface area contributed by atoms with Crippen LogP contribution in [0, 0.1) is 11.8 Å². The van der Waals surface area contributed by atoms with Crippen molar-refractivity contribution in [3.8, 4) is 0 Å². The van der Waals surface area contributed by atoms with Crippen molar-refractivity contribution in [1.82, 2.24) is 10.1 Å². The molecule has 2 aliphatic carbocycles. The van der Waals surface area contributed by atoms with Crippen LogP contribution in [0.3, 0.4) is 0 Å². The topological polar surface area (TPSA) is 74.2 Å². The van der Waals surface area contributed by atoms with Gasteiger partial charge in [0.1, 0.15) is 6.10 Å². The highest BCUT2D eigenvalue weighted by Gasteiger charge is 2.45. The summed E-state index contributed by atoms with van der Waals surface area (Å²) in [5.74, 6) is 2.27. The summed E-state index contributed by atoms with van der Waals surface area (Å²) in [7, 11) is 0. The van der Waals surface area contributed by atoms with Crippen LogP contribution >= 0.6 is 0 Å². The highest BCUT2D eigenvalue weighted by molar-refractivity contribution is 5.09. The second kappa shape index (κ2) is 4.31. The molecule has 5 nitrogen and oxygen atoms in total. The Morgan fingerprint density at radius 3 is 2.72 bits per heavy atom. The molecule has 0 bridgehead atoms. The summed E-state index contributed by atoms with van der Waals surface area (Å²) in [5, 5.41) is 4.08. The Morgan fingerprint density at radius 1 is 1.44 bits per heavy atom. The summed E-state index contributed by atoms with van der Waals surface area (Å²) < 4.78 is 11.1. The third-order valence-electron chi connectivity index (χ3n) is 3.98. The van der Waals surface area contributed by atoms with Gasteiger partial charge in [0, 0.05) is 6.61 Å². The molecule has 100 valence electrons. The molecule has 0 spiro atoms. The maximum absolute atomic E-state index is 6.29. The molecule has 2 N–H and O–H groups in total. The molecule has 1 heterocycles. The molecule has 3 rings (SSSR count). The van der Waals surface area contributed by atoms with Gasteiger partial charge in [-0.15, -0.1) is 0 Å². The molecule has 0 aliphatic heterocycles. The maximum Gasteiger partial charge on any atom is 0.246 e. The maximum atomic E-state index is 6.29. The molecule has 0 amide bonds. The number of hydrogen-bond acceptors (Lipinski definition) is 5. The van der Waals surface area contributed by atoms with Gasteiger partial charge in [0.15, 0.2) is 0 Å². The Kier molecular flexibility index (Phi) is 2.90. The lowest BCUT2D eigenvalue weighted by atomic mass is 9.97. The molecule has 2 saturated carbocycles. The molecule has 0 radical (unpaired) electrons. The predicted octanol–water partition coefficient (Wildman–Crippen LogP) is 2.14. The zero-order chi connectivity index (χ0) is 12.8. The van der Waals surface area contributed by atoms with E-state index in [4.69, 9.17) is 15.0 Å². The zero-order valence-electron chi connectivity index (χ0n) is 11.1. The molecule has 18 heavy (non-hydrogen) atoms. The SMILES string of the molecule is CCOC(c1noc(C(C)(N)C2CC2)n1)C1CC1. The van der Waals surface area contributed by atoms with Crippen LogP contribution in [0.4, 0.5) is 0 Å². The van der Waals surface area contributed by atoms with Crippen molar-refractivity contribution in [3.63, 3.8) is 0 Å². The Balaban J connectivity index is 1.79. The lowest BCUT2D eigenvalue weighted by molar-refractivity contribution is 0.0384. The lowest BCUT2D eigenvalue weighted by Crippen LogP contribution is -2.35. The molecule has 2 atom stereocenters. The Labute approximate surface area is 107 Å². The van der Waals surface area contributed by atoms with Gasteiger partial charge in [-0.1, -0.05) is 5.16 Å². The van der Waals surface area contributed by atoms with Crippen LogP contribution < -0.4 is 5.73 Å². The molecule has 1 aromatic heterocycles. The van der Waals surface area contributed by atoms with Crippen molar-refractivity contribution in [2.75, 3.05) is 6.61 Å². The smallest absolute Gasteiger partial charge is 0.246 e. The van der Waals surface area contributed by atoms with E-state index in [0.29, 0.717) is 30.2 Å². The quantitative estimate of drug-likeness (QED) is 0.838. The van der Waals surface area contributed by atoms with Crippen LogP contribution in [0.25, 0.3) is 0 Å². The van der Waals surface area contributed by atoms with Gasteiger partial charge >= 0.3 is 0 Å². The first kappa shape index (κ1) is 12.1. The highest BCUT2D eigenvalue weighted by Crippen LogP contribution is 2.45. The van der Waals surface area contributed by atoms with E-state index in [-0.39, 0.29) is 6.10 Å². The van der Waals surface area contributed by atoms with Gasteiger partial charge in [0.05, 0.1) is 5.54 Å². The van der Waals surface area contributed by atoms with Crippen molar-refractivity contribution in [2.45, 2.75) is 51.2 Å². The third-order valence-corrected chi connectivity index (χ3v) is 3.98. The number of nitrogens with two attached hydrogens (primary N) is 1. The summed E-state index contributed by atoms with van der Waals surface area (Å²) in [5.41, 5.74) is 5.80. The summed E-state index contributed by atoms with van der Waals surface area (Å²) in [6, 6.07) is 0. The van der Waals surface area contributed by atoms with E-state index in [1.807, 2.05) is 13.8 Å². The molecule has 2 fully saturated rings. The number of nitrogens with zero attached hydrogens (tertiary/aromatic N) is 2. The van der Waals surface area contributed by atoms with Crippen LogP contribution in [-0.4, -0.2) is 16.7 Å². The van der Waals surface area contributed by atoms with E-state index >= 15 is 0 Å². The molecule has 2 unspecified atom stereocenters. The fraction of sp³-hybridized carbons (Fsp3) is 0.846. The first-order chi connectivity index (χ1) is 8.63. The summed E-state index contributed by atoms with van der Waals surface area (Å²) in [6.45, 7) is 4.65. The molecule has 2 aliphatic rings. The fourth-order valence-electron chi connectivity index (χ4n) is 2.43. The first-order valence-corrected chi connectivity index (χ1v) is 6.87. The number of aromatic nitrogens is 2. The zero-order valence-corrected chi connectivity index (χ0v) is 11.1. The second-order valence-corrected chi connectivity index (χ2v) is 5.73. The second-order valence-electron chi connectivity index (χ2n) is 5.73. The molecular weight excluding hydrogens is 230 g/mol. The van der Waals surface area contributed by atoms with E-state index in [0.717, 1.165) is 12.8 Å². The monoisotopic (exact) mass is 251 g/mol. The highest BCUT2D eigenvalue weighted by atomic mass is 16.5. The summed E-state index contributed by atoms with van der Waals surface area (Å²) >= 11 is 0. The van der Waals surface area contributed by atoms with Gasteiger partial charge in [-0.2, -0.15) is 4.98 Å². The Bertz CT molecular complexity index is 422. The molecular formula is C13H21N3O2. The van der Waals surface area contributed by atoms with Crippen molar-refractivity contribution >= 4 is 0 Å². The number of rotatable bonds is 6. The standard InChI is InChI=1S/C13H21N3O2/c1-3-17-10(8-4-5-8)11-15-12(18-16-11)13(2,14)9-6-7-9/h8-10H,3-7,14H2,1-2H3. The van der Waals surface area contributed by atoms with E-state index < -0.39 is 5.54 Å². The normalized spacial score (nSPS) is 24.8. The predicted molar refractivity (Wildman–Crippen MR) is 65.7 cm³/mol. The van der Waals surface area contributed by atoms with Crippen LogP contribution in [0.1, 0.15) is 57.3 Å².